The van der Waals surface area contributed by atoms with Crippen molar-refractivity contribution in [3.05, 3.63) is 47.8 Å². The molecule has 1 N–H and O–H groups in total. The van der Waals surface area contributed by atoms with Crippen LogP contribution in [0.5, 0.6) is 0 Å². The molecule has 0 aliphatic carbocycles. The number of anilines is 1. The van der Waals surface area contributed by atoms with Crippen LogP contribution in [0, 0.1) is 0 Å². The van der Waals surface area contributed by atoms with Crippen molar-refractivity contribution in [2.75, 3.05) is 19.0 Å². The zero-order valence-corrected chi connectivity index (χ0v) is 13.9. The molecule has 1 heterocycles. The van der Waals surface area contributed by atoms with E-state index in [4.69, 9.17) is 0 Å². The normalized spacial score (nSPS) is 11.3. The van der Waals surface area contributed by atoms with Crippen LogP contribution in [-0.2, 0) is 12.1 Å². The van der Waals surface area contributed by atoms with Crippen LogP contribution in [0.4, 0.5) is 5.69 Å². The van der Waals surface area contributed by atoms with Gasteiger partial charge in [-0.2, -0.15) is 5.10 Å². The first kappa shape index (κ1) is 16.1. The predicted molar refractivity (Wildman–Crippen MR) is 89.2 cm³/mol. The number of carbonyl (C=O) groups is 1. The molecule has 5 nitrogen and oxygen atoms in total. The molecule has 0 radical (unpaired) electrons. The Balaban J connectivity index is 2.14. The Hall–Kier alpha value is -2.30. The van der Waals surface area contributed by atoms with Crippen LogP contribution >= 0.6 is 0 Å². The summed E-state index contributed by atoms with van der Waals surface area (Å²) in [5, 5.41) is 7.07. The topological polar surface area (TPSA) is 50.2 Å². The molecule has 1 aromatic heterocycles. The quantitative estimate of drug-likeness (QED) is 0.944. The predicted octanol–water partition coefficient (Wildman–Crippen LogP) is 2.63. The minimum atomic E-state index is -0.0733. The van der Waals surface area contributed by atoms with E-state index in [0.717, 1.165) is 17.8 Å². The van der Waals surface area contributed by atoms with Gasteiger partial charge in [0.2, 0.25) is 0 Å². The molecule has 0 unspecified atom stereocenters. The van der Waals surface area contributed by atoms with Gasteiger partial charge in [0, 0.05) is 43.7 Å². The van der Waals surface area contributed by atoms with E-state index in [0.29, 0.717) is 5.56 Å². The van der Waals surface area contributed by atoms with Gasteiger partial charge in [-0.3, -0.25) is 9.48 Å². The lowest BCUT2D eigenvalue weighted by Gasteiger charge is -2.20. The third kappa shape index (κ3) is 3.67. The third-order valence-electron chi connectivity index (χ3n) is 3.52. The summed E-state index contributed by atoms with van der Waals surface area (Å²) in [6, 6.07) is 7.61. The standard InChI is InChI=1S/C17H24N4O/c1-17(2,3)21-12-13(10-19-21)11-20(5)15-8-6-7-14(9-15)16(22)18-4/h6-10,12H,11H2,1-5H3,(H,18,22). The minimum absolute atomic E-state index is 0.0179. The number of aromatic nitrogens is 2. The second-order valence-corrected chi connectivity index (χ2v) is 6.45. The van der Waals surface area contributed by atoms with E-state index in [1.165, 1.54) is 0 Å². The highest BCUT2D eigenvalue weighted by Crippen LogP contribution is 2.19. The van der Waals surface area contributed by atoms with E-state index >= 15 is 0 Å². The number of benzene rings is 1. The van der Waals surface area contributed by atoms with Crippen LogP contribution in [-0.4, -0.2) is 29.8 Å². The van der Waals surface area contributed by atoms with Gasteiger partial charge >= 0.3 is 0 Å². The van der Waals surface area contributed by atoms with Crippen molar-refractivity contribution in [3.8, 4) is 0 Å². The van der Waals surface area contributed by atoms with Gasteiger partial charge in [0.1, 0.15) is 0 Å². The van der Waals surface area contributed by atoms with Crippen LogP contribution in [0.25, 0.3) is 0 Å². The van der Waals surface area contributed by atoms with Crippen molar-refractivity contribution in [3.63, 3.8) is 0 Å². The van der Waals surface area contributed by atoms with Crippen LogP contribution in [0.2, 0.25) is 0 Å². The number of rotatable bonds is 4. The van der Waals surface area contributed by atoms with Gasteiger partial charge in [0.05, 0.1) is 11.7 Å². The average molecular weight is 300 g/mol. The molecule has 0 atom stereocenters. The Morgan fingerprint density at radius 3 is 2.68 bits per heavy atom. The molecular weight excluding hydrogens is 276 g/mol. The average Bonchev–Trinajstić information content (AvgIpc) is 2.95. The van der Waals surface area contributed by atoms with Crippen LogP contribution in [0.1, 0.15) is 36.7 Å². The number of hydrogen-bond donors (Lipinski definition) is 1. The molecule has 5 heteroatoms. The second kappa shape index (κ2) is 6.22. The molecule has 0 spiro atoms. The molecule has 2 rings (SSSR count). The minimum Gasteiger partial charge on any atom is -0.370 e. The van der Waals surface area contributed by atoms with Gasteiger partial charge in [0.15, 0.2) is 0 Å². The van der Waals surface area contributed by atoms with E-state index in [1.54, 1.807) is 7.05 Å². The van der Waals surface area contributed by atoms with Gasteiger partial charge in [0.25, 0.3) is 5.91 Å². The Labute approximate surface area is 131 Å². The van der Waals surface area contributed by atoms with Gasteiger partial charge in [-0.25, -0.2) is 0 Å². The summed E-state index contributed by atoms with van der Waals surface area (Å²) in [6.07, 6.45) is 3.96. The maximum Gasteiger partial charge on any atom is 0.251 e. The summed E-state index contributed by atoms with van der Waals surface area (Å²) in [5.41, 5.74) is 2.79. The van der Waals surface area contributed by atoms with E-state index in [1.807, 2.05) is 42.2 Å². The van der Waals surface area contributed by atoms with Crippen LogP contribution in [0.3, 0.4) is 0 Å². The van der Waals surface area contributed by atoms with E-state index in [-0.39, 0.29) is 11.4 Å². The maximum absolute atomic E-state index is 11.7. The molecule has 0 aliphatic heterocycles. The summed E-state index contributed by atoms with van der Waals surface area (Å²) in [5.74, 6) is -0.0733. The lowest BCUT2D eigenvalue weighted by Crippen LogP contribution is -2.22. The monoisotopic (exact) mass is 300 g/mol. The van der Waals surface area contributed by atoms with Crippen molar-refractivity contribution in [1.82, 2.24) is 15.1 Å². The first-order valence-electron chi connectivity index (χ1n) is 7.38. The third-order valence-corrected chi connectivity index (χ3v) is 3.52. The van der Waals surface area contributed by atoms with Crippen molar-refractivity contribution in [2.24, 2.45) is 0 Å². The summed E-state index contributed by atoms with van der Waals surface area (Å²) < 4.78 is 1.97. The lowest BCUT2D eigenvalue weighted by molar-refractivity contribution is 0.0963. The SMILES string of the molecule is CNC(=O)c1cccc(N(C)Cc2cnn(C(C)(C)C)c2)c1. The summed E-state index contributed by atoms with van der Waals surface area (Å²) in [7, 11) is 3.65. The first-order valence-corrected chi connectivity index (χ1v) is 7.38. The molecule has 0 saturated carbocycles. The van der Waals surface area contributed by atoms with Crippen molar-refractivity contribution >= 4 is 11.6 Å². The summed E-state index contributed by atoms with van der Waals surface area (Å²) in [6.45, 7) is 7.12. The maximum atomic E-state index is 11.7. The number of nitrogens with one attached hydrogen (secondary N) is 1. The van der Waals surface area contributed by atoms with E-state index in [9.17, 15) is 4.79 Å². The highest BCUT2D eigenvalue weighted by atomic mass is 16.1. The molecule has 0 aliphatic rings. The fourth-order valence-electron chi connectivity index (χ4n) is 2.20. The van der Waals surface area contributed by atoms with Gasteiger partial charge in [-0.05, 0) is 39.0 Å². The van der Waals surface area contributed by atoms with Crippen LogP contribution in [0.15, 0.2) is 36.7 Å². The number of carbonyl (C=O) groups excluding carboxylic acids is 1. The van der Waals surface area contributed by atoms with Gasteiger partial charge < -0.3 is 10.2 Å². The molecule has 2 aromatic rings. The van der Waals surface area contributed by atoms with E-state index in [2.05, 4.69) is 42.3 Å². The van der Waals surface area contributed by atoms with Crippen molar-refractivity contribution < 1.29 is 4.79 Å². The Morgan fingerprint density at radius 2 is 2.09 bits per heavy atom. The Kier molecular flexibility index (Phi) is 4.54. The van der Waals surface area contributed by atoms with Crippen molar-refractivity contribution in [1.29, 1.82) is 0 Å². The highest BCUT2D eigenvalue weighted by Gasteiger charge is 2.15. The fourth-order valence-corrected chi connectivity index (χ4v) is 2.20. The number of amides is 1. The second-order valence-electron chi connectivity index (χ2n) is 6.45. The zero-order valence-electron chi connectivity index (χ0n) is 13.9. The molecule has 0 saturated heterocycles. The van der Waals surface area contributed by atoms with Gasteiger partial charge in [-0.1, -0.05) is 6.07 Å². The molecule has 118 valence electrons. The summed E-state index contributed by atoms with van der Waals surface area (Å²) >= 11 is 0. The summed E-state index contributed by atoms with van der Waals surface area (Å²) in [4.78, 5) is 13.8. The molecule has 0 fully saturated rings. The largest absolute Gasteiger partial charge is 0.370 e. The number of nitrogens with zero attached hydrogens (tertiary/aromatic N) is 3. The van der Waals surface area contributed by atoms with Gasteiger partial charge in [-0.15, -0.1) is 0 Å². The first-order chi connectivity index (χ1) is 10.3. The molecule has 1 aromatic carbocycles. The molecule has 22 heavy (non-hydrogen) atoms. The lowest BCUT2D eigenvalue weighted by atomic mass is 10.1. The van der Waals surface area contributed by atoms with Crippen molar-refractivity contribution in [2.45, 2.75) is 32.9 Å². The fraction of sp³-hybridized carbons (Fsp3) is 0.412. The van der Waals surface area contributed by atoms with E-state index < -0.39 is 0 Å². The van der Waals surface area contributed by atoms with Crippen LogP contribution < -0.4 is 10.2 Å². The Bertz CT molecular complexity index is 655. The number of hydrogen-bond acceptors (Lipinski definition) is 3. The smallest absolute Gasteiger partial charge is 0.251 e. The zero-order chi connectivity index (χ0) is 16.3. The highest BCUT2D eigenvalue weighted by molar-refractivity contribution is 5.94. The Morgan fingerprint density at radius 1 is 1.36 bits per heavy atom. The molecular formula is C17H24N4O. The molecule has 1 amide bonds. The molecule has 0 bridgehead atoms.